The number of amides is 1. The minimum Gasteiger partial charge on any atom is -0.508 e. The van der Waals surface area contributed by atoms with Gasteiger partial charge in [0.25, 0.3) is 0 Å². The number of hydrogen-bond acceptors (Lipinski definition) is 4. The van der Waals surface area contributed by atoms with Crippen LogP contribution in [0, 0.1) is 11.7 Å². The second-order valence-corrected chi connectivity index (χ2v) is 11.2. The van der Waals surface area contributed by atoms with Gasteiger partial charge in [0.15, 0.2) is 0 Å². The number of rotatable bonds is 8. The third kappa shape index (κ3) is 5.37. The lowest BCUT2D eigenvalue weighted by Gasteiger charge is -2.48. The topological polar surface area (TPSA) is 118 Å². The summed E-state index contributed by atoms with van der Waals surface area (Å²) in [4.78, 5) is 33.3. The van der Waals surface area contributed by atoms with Crippen molar-refractivity contribution in [2.45, 2.75) is 25.0 Å². The Hall–Kier alpha value is -3.81. The zero-order valence-corrected chi connectivity index (χ0v) is 21.7. The van der Waals surface area contributed by atoms with E-state index in [2.05, 4.69) is 0 Å². The Morgan fingerprint density at radius 3 is 2.15 bits per heavy atom. The summed E-state index contributed by atoms with van der Waals surface area (Å²) in [7, 11) is -4.38. The molecule has 1 fully saturated rings. The number of β-lactam (4-membered cyclic amide) rings is 1. The number of aliphatic hydroxyl groups is 1. The third-order valence-electron chi connectivity index (χ3n) is 7.15. The maximum Gasteiger partial charge on any atom is 0.356 e. The molecule has 39 heavy (non-hydrogen) atoms. The zero-order chi connectivity index (χ0) is 27.7. The van der Waals surface area contributed by atoms with Crippen LogP contribution >= 0.6 is 7.60 Å². The maximum absolute atomic E-state index is 14.7. The van der Waals surface area contributed by atoms with Crippen LogP contribution < -0.4 is 10.2 Å². The number of aliphatic hydroxyl groups excluding tert-OH is 1. The van der Waals surface area contributed by atoms with Crippen LogP contribution in [0.4, 0.5) is 10.1 Å². The number of carbonyl (C=O) groups is 1. The average Bonchev–Trinajstić information content (AvgIpc) is 2.93. The van der Waals surface area contributed by atoms with Gasteiger partial charge in [-0.2, -0.15) is 0 Å². The predicted octanol–water partition coefficient (Wildman–Crippen LogP) is 5.22. The van der Waals surface area contributed by atoms with Gasteiger partial charge in [0.2, 0.25) is 5.91 Å². The molecule has 7 nitrogen and oxygen atoms in total. The predicted molar refractivity (Wildman–Crippen MR) is 146 cm³/mol. The molecular formula is C30H27FNO6P. The molecule has 1 aliphatic heterocycles. The molecule has 1 amide bonds. The van der Waals surface area contributed by atoms with E-state index in [1.807, 2.05) is 30.3 Å². The largest absolute Gasteiger partial charge is 0.508 e. The molecular weight excluding hydrogens is 520 g/mol. The van der Waals surface area contributed by atoms with E-state index in [1.54, 1.807) is 30.3 Å². The Kier molecular flexibility index (Phi) is 7.38. The number of phenolic OH excluding ortho intramolecular Hbond substituents is 1. The molecule has 4 aromatic rings. The number of aromatic hydroxyl groups is 1. The van der Waals surface area contributed by atoms with Gasteiger partial charge in [0.1, 0.15) is 11.6 Å². The second-order valence-electron chi connectivity index (χ2n) is 9.58. The van der Waals surface area contributed by atoms with Gasteiger partial charge in [-0.3, -0.25) is 9.36 Å². The molecule has 1 saturated heterocycles. The number of hydrogen-bond donors (Lipinski definition) is 4. The molecule has 0 saturated carbocycles. The Morgan fingerprint density at radius 2 is 1.51 bits per heavy atom. The summed E-state index contributed by atoms with van der Waals surface area (Å²) in [6.07, 6.45) is -0.128. The smallest absolute Gasteiger partial charge is 0.356 e. The summed E-state index contributed by atoms with van der Waals surface area (Å²) >= 11 is 0. The van der Waals surface area contributed by atoms with Crippen molar-refractivity contribution in [3.05, 3.63) is 114 Å². The Bertz CT molecular complexity index is 1540. The van der Waals surface area contributed by atoms with Crippen LogP contribution in [-0.2, 0) is 9.36 Å². The fourth-order valence-electron chi connectivity index (χ4n) is 5.10. The first-order valence-corrected chi connectivity index (χ1v) is 14.1. The average molecular weight is 548 g/mol. The number of nitrogens with zero attached hydrogens (tertiary/aromatic N) is 1. The molecule has 4 aromatic carbocycles. The van der Waals surface area contributed by atoms with Gasteiger partial charge in [-0.1, -0.05) is 66.7 Å². The molecule has 0 unspecified atom stereocenters. The number of para-hydroxylation sites is 1. The van der Waals surface area contributed by atoms with E-state index in [0.29, 0.717) is 29.5 Å². The summed E-state index contributed by atoms with van der Waals surface area (Å²) in [5.74, 6) is -1.52. The van der Waals surface area contributed by atoms with Crippen molar-refractivity contribution in [1.29, 1.82) is 0 Å². The third-order valence-corrected chi connectivity index (χ3v) is 8.12. The van der Waals surface area contributed by atoms with Crippen LogP contribution in [0.1, 0.15) is 36.1 Å². The molecule has 0 bridgehead atoms. The fraction of sp³-hybridized carbons (Fsp3) is 0.167. The number of phenols is 1. The van der Waals surface area contributed by atoms with E-state index >= 15 is 0 Å². The number of benzene rings is 4. The molecule has 3 atom stereocenters. The molecule has 0 radical (unpaired) electrons. The van der Waals surface area contributed by atoms with Gasteiger partial charge in [-0.05, 0) is 59.9 Å². The van der Waals surface area contributed by atoms with Gasteiger partial charge in [0.05, 0.1) is 29.1 Å². The lowest BCUT2D eigenvalue weighted by Crippen LogP contribution is -2.55. The molecule has 0 aromatic heterocycles. The first-order chi connectivity index (χ1) is 18.6. The van der Waals surface area contributed by atoms with E-state index < -0.39 is 31.5 Å². The van der Waals surface area contributed by atoms with E-state index in [-0.39, 0.29) is 22.6 Å². The highest BCUT2D eigenvalue weighted by Crippen LogP contribution is 2.49. The van der Waals surface area contributed by atoms with E-state index in [0.717, 1.165) is 5.56 Å². The number of carbonyl (C=O) groups excluding carboxylic acids is 1. The van der Waals surface area contributed by atoms with Crippen LogP contribution in [0.5, 0.6) is 5.75 Å². The fourth-order valence-corrected chi connectivity index (χ4v) is 5.64. The lowest BCUT2D eigenvalue weighted by molar-refractivity contribution is -0.131. The van der Waals surface area contributed by atoms with Crippen LogP contribution in [-0.4, -0.2) is 25.9 Å². The normalized spacial score (nSPS) is 18.1. The standard InChI is InChI=1S/C30H27FNO6P/c31-25-8-4-5-9-26(25)32-29(24(30(32)35)16-17-27(33)20-6-2-1-3-7-20)23-15-12-21(18-28(23)34)19-10-13-22(14-11-19)39(36,37)38/h1-15,18,24,27,29,33-34H,16-17H2,(H2,36,37,38)/t24-,27+,29-/m1/s1. The van der Waals surface area contributed by atoms with E-state index in [4.69, 9.17) is 0 Å². The number of anilines is 1. The van der Waals surface area contributed by atoms with Crippen molar-refractivity contribution in [3.8, 4) is 16.9 Å². The van der Waals surface area contributed by atoms with Crippen molar-refractivity contribution in [2.24, 2.45) is 5.92 Å². The maximum atomic E-state index is 14.7. The minimum absolute atomic E-state index is 0.0981. The Balaban J connectivity index is 1.45. The summed E-state index contributed by atoms with van der Waals surface area (Å²) in [6, 6.07) is 25.1. The molecule has 1 aliphatic rings. The van der Waals surface area contributed by atoms with Gasteiger partial charge in [-0.15, -0.1) is 0 Å². The SMILES string of the molecule is O=C1[C@H](CC[C@H](O)c2ccccc2)[C@@H](c2ccc(-c3ccc(P(=O)(O)O)cc3)cc2O)N1c1ccccc1F. The lowest BCUT2D eigenvalue weighted by atomic mass is 9.77. The number of halogens is 1. The molecule has 0 aliphatic carbocycles. The second kappa shape index (κ2) is 10.8. The van der Waals surface area contributed by atoms with Gasteiger partial charge in [0, 0.05) is 5.56 Å². The Labute approximate surface area is 225 Å². The summed E-state index contributed by atoms with van der Waals surface area (Å²) in [5.41, 5.74) is 2.53. The highest BCUT2D eigenvalue weighted by atomic mass is 31.2. The summed E-state index contributed by atoms with van der Waals surface area (Å²) < 4.78 is 26.2. The first kappa shape index (κ1) is 26.8. The van der Waals surface area contributed by atoms with Crippen molar-refractivity contribution in [2.75, 3.05) is 4.90 Å². The van der Waals surface area contributed by atoms with Crippen LogP contribution in [0.25, 0.3) is 11.1 Å². The highest BCUT2D eigenvalue weighted by molar-refractivity contribution is 7.60. The van der Waals surface area contributed by atoms with Gasteiger partial charge in [-0.25, -0.2) is 4.39 Å². The quantitative estimate of drug-likeness (QED) is 0.178. The molecule has 0 spiro atoms. The van der Waals surface area contributed by atoms with Crippen molar-refractivity contribution < 1.29 is 33.7 Å². The van der Waals surface area contributed by atoms with Crippen LogP contribution in [0.3, 0.4) is 0 Å². The molecule has 4 N–H and O–H groups in total. The first-order valence-electron chi connectivity index (χ1n) is 12.4. The van der Waals surface area contributed by atoms with Crippen molar-refractivity contribution in [1.82, 2.24) is 0 Å². The van der Waals surface area contributed by atoms with Gasteiger partial charge >= 0.3 is 7.60 Å². The molecule has 1 heterocycles. The highest BCUT2D eigenvalue weighted by Gasteiger charge is 2.50. The minimum atomic E-state index is -4.38. The van der Waals surface area contributed by atoms with E-state index in [1.165, 1.54) is 41.3 Å². The molecule has 9 heteroatoms. The van der Waals surface area contributed by atoms with Crippen molar-refractivity contribution >= 4 is 24.5 Å². The molecule has 200 valence electrons. The Morgan fingerprint density at radius 1 is 0.872 bits per heavy atom. The van der Waals surface area contributed by atoms with Crippen LogP contribution in [0.2, 0.25) is 0 Å². The molecule has 5 rings (SSSR count). The summed E-state index contributed by atoms with van der Waals surface area (Å²) in [5, 5.41) is 21.6. The van der Waals surface area contributed by atoms with Crippen molar-refractivity contribution in [3.63, 3.8) is 0 Å². The van der Waals surface area contributed by atoms with E-state index in [9.17, 15) is 33.7 Å². The zero-order valence-electron chi connectivity index (χ0n) is 20.8. The monoisotopic (exact) mass is 547 g/mol. The van der Waals surface area contributed by atoms with Gasteiger partial charge < -0.3 is 24.9 Å². The summed E-state index contributed by atoms with van der Waals surface area (Å²) in [6.45, 7) is 0. The van der Waals surface area contributed by atoms with Crippen LogP contribution in [0.15, 0.2) is 97.1 Å².